The van der Waals surface area contributed by atoms with E-state index in [2.05, 4.69) is 20.8 Å². The molecule has 0 radical (unpaired) electrons. The van der Waals surface area contributed by atoms with Crippen molar-refractivity contribution >= 4 is 11.6 Å². The van der Waals surface area contributed by atoms with Crippen molar-refractivity contribution in [2.75, 3.05) is 19.0 Å². The number of nitrogens with zero attached hydrogens (tertiary/aromatic N) is 4. The van der Waals surface area contributed by atoms with Gasteiger partial charge in [-0.15, -0.1) is 5.10 Å². The Labute approximate surface area is 121 Å². The van der Waals surface area contributed by atoms with Gasteiger partial charge in [-0.05, 0) is 29.3 Å². The van der Waals surface area contributed by atoms with Crippen molar-refractivity contribution in [2.45, 2.75) is 18.9 Å². The summed E-state index contributed by atoms with van der Waals surface area (Å²) in [5.41, 5.74) is 1.31. The van der Waals surface area contributed by atoms with Gasteiger partial charge in [-0.1, -0.05) is 0 Å². The van der Waals surface area contributed by atoms with Gasteiger partial charge in [0.05, 0.1) is 12.8 Å². The van der Waals surface area contributed by atoms with E-state index in [1.165, 1.54) is 11.0 Å². The first kappa shape index (κ1) is 13.5. The average Bonchev–Trinajstić information content (AvgIpc) is 3.19. The second kappa shape index (κ2) is 5.88. The molecule has 1 aromatic heterocycles. The zero-order valence-electron chi connectivity index (χ0n) is 11.5. The lowest BCUT2D eigenvalue weighted by Crippen LogP contribution is -2.26. The fourth-order valence-electron chi connectivity index (χ4n) is 2.19. The molecule has 0 spiro atoms. The van der Waals surface area contributed by atoms with Crippen molar-refractivity contribution < 1.29 is 14.3 Å². The van der Waals surface area contributed by atoms with Gasteiger partial charge in [0.25, 0.3) is 5.91 Å². The van der Waals surface area contributed by atoms with E-state index in [1.807, 2.05) is 0 Å². The summed E-state index contributed by atoms with van der Waals surface area (Å²) in [6, 6.07) is 5.28. The molecule has 8 nitrogen and oxygen atoms in total. The van der Waals surface area contributed by atoms with E-state index in [9.17, 15) is 4.79 Å². The molecule has 21 heavy (non-hydrogen) atoms. The first-order valence-corrected chi connectivity index (χ1v) is 6.61. The van der Waals surface area contributed by atoms with Gasteiger partial charge >= 0.3 is 0 Å². The predicted octanol–water partition coefficient (Wildman–Crippen LogP) is 0.788. The van der Waals surface area contributed by atoms with Crippen LogP contribution in [0.1, 0.15) is 12.8 Å². The molecule has 3 rings (SSSR count). The molecule has 1 atom stereocenters. The van der Waals surface area contributed by atoms with Crippen molar-refractivity contribution in [3.05, 3.63) is 24.5 Å². The van der Waals surface area contributed by atoms with Crippen molar-refractivity contribution in [1.29, 1.82) is 0 Å². The fraction of sp³-hybridized carbons (Fsp3) is 0.385. The van der Waals surface area contributed by atoms with Crippen LogP contribution < -0.4 is 10.1 Å². The average molecular weight is 289 g/mol. The Balaban J connectivity index is 1.84. The van der Waals surface area contributed by atoms with E-state index in [1.54, 1.807) is 25.3 Å². The molecule has 1 saturated heterocycles. The van der Waals surface area contributed by atoms with E-state index in [0.717, 1.165) is 12.8 Å². The molecular formula is C13H15N5O3. The van der Waals surface area contributed by atoms with Gasteiger partial charge in [0.1, 0.15) is 18.2 Å². The summed E-state index contributed by atoms with van der Waals surface area (Å²) in [6.07, 6.45) is 2.75. The van der Waals surface area contributed by atoms with Gasteiger partial charge in [-0.3, -0.25) is 4.79 Å². The van der Waals surface area contributed by atoms with Crippen LogP contribution in [0.4, 0.5) is 5.69 Å². The van der Waals surface area contributed by atoms with Gasteiger partial charge in [0.2, 0.25) is 0 Å². The standard InChI is InChI=1S/C13H15N5O3/c1-20-11-6-9(15-13(19)12-3-2-4-21-12)5-10(7-11)18-8-14-16-17-18/h5-8,12H,2-4H2,1H3,(H,15,19). The van der Waals surface area contributed by atoms with Crippen LogP contribution in [0.15, 0.2) is 24.5 Å². The smallest absolute Gasteiger partial charge is 0.253 e. The monoisotopic (exact) mass is 289 g/mol. The van der Waals surface area contributed by atoms with Gasteiger partial charge in [-0.25, -0.2) is 4.68 Å². The van der Waals surface area contributed by atoms with Crippen molar-refractivity contribution in [3.63, 3.8) is 0 Å². The SMILES string of the molecule is COc1cc(NC(=O)C2CCCO2)cc(-n2cnnn2)c1. The number of carbonyl (C=O) groups excluding carboxylic acids is 1. The Morgan fingerprint density at radius 1 is 1.48 bits per heavy atom. The molecule has 1 amide bonds. The Morgan fingerprint density at radius 3 is 3.05 bits per heavy atom. The van der Waals surface area contributed by atoms with Crippen LogP contribution in [0.5, 0.6) is 5.75 Å². The van der Waals surface area contributed by atoms with E-state index in [0.29, 0.717) is 23.7 Å². The zero-order valence-corrected chi connectivity index (χ0v) is 11.5. The number of hydrogen-bond acceptors (Lipinski definition) is 6. The molecule has 0 aliphatic carbocycles. The highest BCUT2D eigenvalue weighted by Crippen LogP contribution is 2.24. The van der Waals surface area contributed by atoms with Crippen molar-refractivity contribution in [2.24, 2.45) is 0 Å². The Morgan fingerprint density at radius 2 is 2.38 bits per heavy atom. The van der Waals surface area contributed by atoms with Gasteiger partial charge in [0, 0.05) is 24.4 Å². The van der Waals surface area contributed by atoms with Gasteiger partial charge < -0.3 is 14.8 Å². The third-order valence-electron chi connectivity index (χ3n) is 3.23. The summed E-state index contributed by atoms with van der Waals surface area (Å²) in [5.74, 6) is 0.453. The Hall–Kier alpha value is -2.48. The third-order valence-corrected chi connectivity index (χ3v) is 3.23. The maximum atomic E-state index is 12.1. The molecule has 1 unspecified atom stereocenters. The quantitative estimate of drug-likeness (QED) is 0.894. The number of methoxy groups -OCH3 is 1. The van der Waals surface area contributed by atoms with E-state index in [4.69, 9.17) is 9.47 Å². The predicted molar refractivity (Wildman–Crippen MR) is 73.3 cm³/mol. The number of nitrogens with one attached hydrogen (secondary N) is 1. The van der Waals surface area contributed by atoms with Crippen LogP contribution in [0.2, 0.25) is 0 Å². The number of aromatic nitrogens is 4. The molecule has 1 fully saturated rings. The highest BCUT2D eigenvalue weighted by Gasteiger charge is 2.23. The third kappa shape index (κ3) is 3.00. The minimum Gasteiger partial charge on any atom is -0.497 e. The number of carbonyl (C=O) groups is 1. The van der Waals surface area contributed by atoms with Crippen LogP contribution in [-0.2, 0) is 9.53 Å². The zero-order chi connectivity index (χ0) is 14.7. The van der Waals surface area contributed by atoms with E-state index in [-0.39, 0.29) is 12.0 Å². The van der Waals surface area contributed by atoms with Crippen molar-refractivity contribution in [1.82, 2.24) is 20.2 Å². The number of ether oxygens (including phenoxy) is 2. The highest BCUT2D eigenvalue weighted by molar-refractivity contribution is 5.94. The maximum Gasteiger partial charge on any atom is 0.253 e. The van der Waals surface area contributed by atoms with Crippen LogP contribution in [0, 0.1) is 0 Å². The molecule has 1 N–H and O–H groups in total. The van der Waals surface area contributed by atoms with Crippen LogP contribution in [-0.4, -0.2) is 45.9 Å². The van der Waals surface area contributed by atoms with Crippen LogP contribution >= 0.6 is 0 Å². The first-order valence-electron chi connectivity index (χ1n) is 6.61. The number of amides is 1. The molecule has 2 heterocycles. The lowest BCUT2D eigenvalue weighted by Gasteiger charge is -2.12. The second-order valence-electron chi connectivity index (χ2n) is 4.67. The molecule has 1 aromatic carbocycles. The van der Waals surface area contributed by atoms with Crippen LogP contribution in [0.3, 0.4) is 0 Å². The molecule has 110 valence electrons. The number of benzene rings is 1. The summed E-state index contributed by atoms with van der Waals surface area (Å²) in [5, 5.41) is 13.8. The largest absolute Gasteiger partial charge is 0.497 e. The summed E-state index contributed by atoms with van der Waals surface area (Å²) in [4.78, 5) is 12.1. The molecule has 1 aliphatic heterocycles. The molecule has 8 heteroatoms. The minimum atomic E-state index is -0.382. The molecular weight excluding hydrogens is 274 g/mol. The normalized spacial score (nSPS) is 17.7. The minimum absolute atomic E-state index is 0.150. The molecule has 0 saturated carbocycles. The number of tetrazole rings is 1. The summed E-state index contributed by atoms with van der Waals surface area (Å²) in [6.45, 7) is 0.631. The highest BCUT2D eigenvalue weighted by atomic mass is 16.5. The second-order valence-corrected chi connectivity index (χ2v) is 4.67. The lowest BCUT2D eigenvalue weighted by molar-refractivity contribution is -0.124. The Bertz CT molecular complexity index is 623. The number of hydrogen-bond donors (Lipinski definition) is 1. The first-order chi connectivity index (χ1) is 10.3. The van der Waals surface area contributed by atoms with Gasteiger partial charge in [-0.2, -0.15) is 0 Å². The molecule has 2 aromatic rings. The maximum absolute atomic E-state index is 12.1. The number of anilines is 1. The topological polar surface area (TPSA) is 91.2 Å². The fourth-order valence-corrected chi connectivity index (χ4v) is 2.19. The van der Waals surface area contributed by atoms with E-state index < -0.39 is 0 Å². The molecule has 0 bridgehead atoms. The van der Waals surface area contributed by atoms with Crippen molar-refractivity contribution in [3.8, 4) is 11.4 Å². The Kier molecular flexibility index (Phi) is 3.78. The summed E-state index contributed by atoms with van der Waals surface area (Å²) < 4.78 is 12.1. The lowest BCUT2D eigenvalue weighted by atomic mass is 10.2. The summed E-state index contributed by atoms with van der Waals surface area (Å²) in [7, 11) is 1.56. The number of rotatable bonds is 4. The summed E-state index contributed by atoms with van der Waals surface area (Å²) >= 11 is 0. The van der Waals surface area contributed by atoms with Crippen LogP contribution in [0.25, 0.3) is 5.69 Å². The van der Waals surface area contributed by atoms with E-state index >= 15 is 0 Å². The van der Waals surface area contributed by atoms with Gasteiger partial charge in [0.15, 0.2) is 0 Å². The molecule has 1 aliphatic rings.